The zero-order valence-electron chi connectivity index (χ0n) is 15.0. The van der Waals surface area contributed by atoms with Gasteiger partial charge in [0.15, 0.2) is 16.8 Å². The first-order valence-corrected chi connectivity index (χ1v) is 9.64. The van der Waals surface area contributed by atoms with Crippen molar-refractivity contribution in [3.05, 3.63) is 71.8 Å². The lowest BCUT2D eigenvalue weighted by Gasteiger charge is -2.06. The fraction of sp³-hybridized carbons (Fsp3) is 0.0952. The van der Waals surface area contributed by atoms with Gasteiger partial charge in [-0.1, -0.05) is 41.7 Å². The van der Waals surface area contributed by atoms with E-state index in [0.29, 0.717) is 10.3 Å². The number of halogens is 2. The molecule has 0 spiro atoms. The summed E-state index contributed by atoms with van der Waals surface area (Å²) in [6, 6.07) is 15.2. The minimum Gasteiger partial charge on any atom is -0.352 e. The van der Waals surface area contributed by atoms with Gasteiger partial charge in [0.1, 0.15) is 0 Å². The smallest absolute Gasteiger partial charge is 0.251 e. The van der Waals surface area contributed by atoms with E-state index in [1.54, 1.807) is 12.1 Å². The monoisotopic (exact) mass is 411 g/mol. The fourth-order valence-electron chi connectivity index (χ4n) is 2.88. The third-order valence-electron chi connectivity index (χ3n) is 4.33. The van der Waals surface area contributed by atoms with Crippen LogP contribution in [-0.4, -0.2) is 23.3 Å². The summed E-state index contributed by atoms with van der Waals surface area (Å²) in [5.74, 6) is -2.58. The van der Waals surface area contributed by atoms with E-state index in [2.05, 4.69) is 15.6 Å². The van der Waals surface area contributed by atoms with E-state index in [1.165, 1.54) is 0 Å². The molecule has 2 N–H and O–H groups in total. The number of anilines is 1. The van der Waals surface area contributed by atoms with Crippen LogP contribution < -0.4 is 10.6 Å². The topological polar surface area (TPSA) is 71.1 Å². The molecule has 4 aromatic rings. The van der Waals surface area contributed by atoms with Crippen molar-refractivity contribution < 1.29 is 18.4 Å². The van der Waals surface area contributed by atoms with Gasteiger partial charge in [0.25, 0.3) is 5.91 Å². The first-order valence-electron chi connectivity index (χ1n) is 8.82. The van der Waals surface area contributed by atoms with E-state index >= 15 is 0 Å². The second-order valence-electron chi connectivity index (χ2n) is 6.37. The molecule has 2 amide bonds. The second-order valence-corrected chi connectivity index (χ2v) is 7.40. The highest BCUT2D eigenvalue weighted by Crippen LogP contribution is 2.27. The van der Waals surface area contributed by atoms with Crippen molar-refractivity contribution in [1.82, 2.24) is 10.3 Å². The zero-order chi connectivity index (χ0) is 20.4. The van der Waals surface area contributed by atoms with Gasteiger partial charge >= 0.3 is 0 Å². The van der Waals surface area contributed by atoms with Gasteiger partial charge in [-0.05, 0) is 29.0 Å². The van der Waals surface area contributed by atoms with E-state index in [-0.39, 0.29) is 35.4 Å². The number of carbonyl (C=O) groups is 2. The Kier molecular flexibility index (Phi) is 5.18. The van der Waals surface area contributed by atoms with E-state index in [4.69, 9.17) is 0 Å². The number of hydrogen-bond acceptors (Lipinski definition) is 4. The van der Waals surface area contributed by atoms with Crippen LogP contribution in [0.4, 0.5) is 13.9 Å². The van der Waals surface area contributed by atoms with Gasteiger partial charge in [0.05, 0.1) is 10.2 Å². The summed E-state index contributed by atoms with van der Waals surface area (Å²) in [5, 5.41) is 7.53. The van der Waals surface area contributed by atoms with Gasteiger partial charge in [0, 0.05) is 24.6 Å². The van der Waals surface area contributed by atoms with E-state index in [9.17, 15) is 18.4 Å². The number of benzene rings is 3. The molecular formula is C21H15F2N3O2S. The molecule has 0 saturated carbocycles. The minimum atomic E-state index is -0.989. The van der Waals surface area contributed by atoms with E-state index in [0.717, 1.165) is 34.2 Å². The van der Waals surface area contributed by atoms with Crippen molar-refractivity contribution >= 4 is 49.3 Å². The number of rotatable bonds is 5. The SMILES string of the molecule is O=C(CCNC(=O)c1ccc2ccccc2c1)Nc1nc2cc(F)c(F)cc2s1. The Labute approximate surface area is 168 Å². The maximum absolute atomic E-state index is 13.3. The lowest BCUT2D eigenvalue weighted by molar-refractivity contribution is -0.116. The van der Waals surface area contributed by atoms with E-state index in [1.807, 2.05) is 30.3 Å². The van der Waals surface area contributed by atoms with Crippen molar-refractivity contribution in [2.45, 2.75) is 6.42 Å². The molecule has 0 atom stereocenters. The van der Waals surface area contributed by atoms with Crippen LogP contribution in [0.2, 0.25) is 0 Å². The van der Waals surface area contributed by atoms with Crippen molar-refractivity contribution in [3.63, 3.8) is 0 Å². The molecule has 0 aliphatic carbocycles. The number of nitrogens with one attached hydrogen (secondary N) is 2. The Morgan fingerprint density at radius 2 is 1.72 bits per heavy atom. The third kappa shape index (κ3) is 4.22. The molecule has 0 saturated heterocycles. The summed E-state index contributed by atoms with van der Waals surface area (Å²) in [7, 11) is 0. The molecule has 8 heteroatoms. The van der Waals surface area contributed by atoms with Crippen LogP contribution in [-0.2, 0) is 4.79 Å². The van der Waals surface area contributed by atoms with Crippen LogP contribution >= 0.6 is 11.3 Å². The molecule has 146 valence electrons. The van der Waals surface area contributed by atoms with Crippen LogP contribution in [0.3, 0.4) is 0 Å². The summed E-state index contributed by atoms with van der Waals surface area (Å²) in [4.78, 5) is 28.4. The molecule has 0 bridgehead atoms. The Morgan fingerprint density at radius 3 is 2.55 bits per heavy atom. The van der Waals surface area contributed by atoms with Crippen LogP contribution in [0.5, 0.6) is 0 Å². The van der Waals surface area contributed by atoms with Crippen LogP contribution in [0.15, 0.2) is 54.6 Å². The molecule has 5 nitrogen and oxygen atoms in total. The Bertz CT molecular complexity index is 1200. The van der Waals surface area contributed by atoms with Gasteiger partial charge in [0.2, 0.25) is 5.91 Å². The number of carbonyl (C=O) groups excluding carboxylic acids is 2. The third-order valence-corrected chi connectivity index (χ3v) is 5.26. The Morgan fingerprint density at radius 1 is 0.966 bits per heavy atom. The molecule has 0 aliphatic heterocycles. The van der Waals surface area contributed by atoms with Crippen molar-refractivity contribution in [2.75, 3.05) is 11.9 Å². The van der Waals surface area contributed by atoms with Crippen molar-refractivity contribution in [3.8, 4) is 0 Å². The number of amides is 2. The predicted molar refractivity (Wildman–Crippen MR) is 109 cm³/mol. The first kappa shape index (κ1) is 18.9. The van der Waals surface area contributed by atoms with Gasteiger partial charge in [-0.2, -0.15) is 0 Å². The Balaban J connectivity index is 1.33. The van der Waals surface area contributed by atoms with Crippen LogP contribution in [0.25, 0.3) is 21.0 Å². The van der Waals surface area contributed by atoms with Gasteiger partial charge in [-0.15, -0.1) is 0 Å². The standard InChI is InChI=1S/C21H15F2N3O2S/c22-15-10-17-18(11-16(15)23)29-21(25-17)26-19(27)7-8-24-20(28)14-6-5-12-3-1-2-4-13(12)9-14/h1-6,9-11H,7-8H2,(H,24,28)(H,25,26,27). The minimum absolute atomic E-state index is 0.0397. The highest BCUT2D eigenvalue weighted by atomic mass is 32.1. The maximum Gasteiger partial charge on any atom is 0.251 e. The second kappa shape index (κ2) is 7.92. The number of fused-ring (bicyclic) bond motifs is 2. The quantitative estimate of drug-likeness (QED) is 0.508. The molecule has 0 fully saturated rings. The normalized spacial score (nSPS) is 11.0. The first-order chi connectivity index (χ1) is 14.0. The number of thiazole rings is 1. The van der Waals surface area contributed by atoms with Crippen LogP contribution in [0.1, 0.15) is 16.8 Å². The summed E-state index contributed by atoms with van der Waals surface area (Å²) < 4.78 is 27.0. The molecular weight excluding hydrogens is 396 g/mol. The highest BCUT2D eigenvalue weighted by molar-refractivity contribution is 7.22. The average Bonchev–Trinajstić information content (AvgIpc) is 3.08. The summed E-state index contributed by atoms with van der Waals surface area (Å²) in [5.41, 5.74) is 0.785. The van der Waals surface area contributed by atoms with Crippen molar-refractivity contribution in [2.24, 2.45) is 0 Å². The molecule has 29 heavy (non-hydrogen) atoms. The molecule has 0 radical (unpaired) electrons. The number of aromatic nitrogens is 1. The van der Waals surface area contributed by atoms with Gasteiger partial charge < -0.3 is 10.6 Å². The lowest BCUT2D eigenvalue weighted by Crippen LogP contribution is -2.27. The molecule has 3 aromatic carbocycles. The number of nitrogens with zero attached hydrogens (tertiary/aromatic N) is 1. The summed E-state index contributed by atoms with van der Waals surface area (Å²) >= 11 is 1.05. The van der Waals surface area contributed by atoms with Gasteiger partial charge in [-0.3, -0.25) is 9.59 Å². The molecule has 0 aliphatic rings. The zero-order valence-corrected chi connectivity index (χ0v) is 15.9. The van der Waals surface area contributed by atoms with Crippen molar-refractivity contribution in [1.29, 1.82) is 0 Å². The molecule has 1 heterocycles. The molecule has 4 rings (SSSR count). The fourth-order valence-corrected chi connectivity index (χ4v) is 3.77. The van der Waals surface area contributed by atoms with Gasteiger partial charge in [-0.25, -0.2) is 13.8 Å². The van der Waals surface area contributed by atoms with Crippen LogP contribution in [0, 0.1) is 11.6 Å². The molecule has 1 aromatic heterocycles. The average molecular weight is 411 g/mol. The maximum atomic E-state index is 13.3. The summed E-state index contributed by atoms with van der Waals surface area (Å²) in [6.07, 6.45) is 0.0397. The number of hydrogen-bond donors (Lipinski definition) is 2. The van der Waals surface area contributed by atoms with E-state index < -0.39 is 11.6 Å². The predicted octanol–water partition coefficient (Wildman–Crippen LogP) is 4.49. The highest BCUT2D eigenvalue weighted by Gasteiger charge is 2.12. The largest absolute Gasteiger partial charge is 0.352 e. The Hall–Kier alpha value is -3.39. The summed E-state index contributed by atoms with van der Waals surface area (Å²) in [6.45, 7) is 0.144. The molecule has 0 unspecified atom stereocenters. The lowest BCUT2D eigenvalue weighted by atomic mass is 10.1.